The van der Waals surface area contributed by atoms with Crippen molar-refractivity contribution in [3.63, 3.8) is 0 Å². The predicted octanol–water partition coefficient (Wildman–Crippen LogP) is 4.10. The molecule has 0 N–H and O–H groups in total. The number of fused-ring (bicyclic) bond motifs is 1. The monoisotopic (exact) mass is 445 g/mol. The molecule has 1 fully saturated rings. The Hall–Kier alpha value is -2.38. The van der Waals surface area contributed by atoms with E-state index in [-0.39, 0.29) is 33.2 Å². The minimum atomic E-state index is -3.42. The number of halogens is 1. The van der Waals surface area contributed by atoms with Gasteiger partial charge in [0.05, 0.1) is 38.3 Å². The minimum absolute atomic E-state index is 0.00342. The molecule has 0 spiro atoms. The number of para-hydroxylation sites is 2. The highest BCUT2D eigenvalue weighted by Gasteiger charge is 2.32. The van der Waals surface area contributed by atoms with Gasteiger partial charge in [-0.3, -0.25) is 4.79 Å². The van der Waals surface area contributed by atoms with E-state index in [0.29, 0.717) is 13.1 Å². The van der Waals surface area contributed by atoms with E-state index in [1.54, 1.807) is 6.92 Å². The molecule has 1 aromatic heterocycles. The molecule has 1 aliphatic heterocycles. The van der Waals surface area contributed by atoms with E-state index in [9.17, 15) is 13.2 Å². The Morgan fingerprint density at radius 2 is 2.00 bits per heavy atom. The summed E-state index contributed by atoms with van der Waals surface area (Å²) in [6.07, 6.45) is 1.77. The van der Waals surface area contributed by atoms with Gasteiger partial charge in [0, 0.05) is 13.1 Å². The number of imidazole rings is 1. The van der Waals surface area contributed by atoms with Crippen LogP contribution in [0.3, 0.4) is 0 Å². The normalized spacial score (nSPS) is 17.0. The van der Waals surface area contributed by atoms with E-state index in [1.807, 2.05) is 36.1 Å². The zero-order valence-corrected chi connectivity index (χ0v) is 18.6. The average molecular weight is 446 g/mol. The molecule has 2 aromatic carbocycles. The smallest absolute Gasteiger partial charge is 0.255 e. The van der Waals surface area contributed by atoms with Gasteiger partial charge in [0.1, 0.15) is 5.82 Å². The van der Waals surface area contributed by atoms with Crippen molar-refractivity contribution < 1.29 is 13.2 Å². The number of hydrogen-bond acceptors (Lipinski definition) is 4. The Kier molecular flexibility index (Phi) is 5.59. The lowest BCUT2D eigenvalue weighted by atomic mass is 10.1. The van der Waals surface area contributed by atoms with Gasteiger partial charge < -0.3 is 9.47 Å². The first-order valence-electron chi connectivity index (χ1n) is 10.1. The standard InChI is InChI=1S/C22H24ClN3O3S/c1-3-30(28,29)17-10-11-19(23)18(13-17)22(27)25-12-6-7-16(25)14-26-15(2)24-20-8-4-5-9-21(20)26/h4-5,8-11,13,16H,3,6-7,12,14H2,1-2H3/t16-/m0/s1. The number of benzene rings is 2. The second-order valence-corrected chi connectivity index (χ2v) is 10.3. The predicted molar refractivity (Wildman–Crippen MR) is 118 cm³/mol. The van der Waals surface area contributed by atoms with E-state index in [1.165, 1.54) is 18.2 Å². The first-order chi connectivity index (χ1) is 14.3. The third-order valence-electron chi connectivity index (χ3n) is 5.78. The fourth-order valence-electron chi connectivity index (χ4n) is 4.11. The van der Waals surface area contributed by atoms with Gasteiger partial charge in [-0.15, -0.1) is 0 Å². The van der Waals surface area contributed by atoms with Crippen molar-refractivity contribution >= 4 is 38.4 Å². The second kappa shape index (κ2) is 8.04. The SMILES string of the molecule is CCS(=O)(=O)c1ccc(Cl)c(C(=O)N2CCC[C@H]2Cn2c(C)nc3ccccc32)c1. The Morgan fingerprint density at radius 1 is 1.23 bits per heavy atom. The van der Waals surface area contributed by atoms with Crippen LogP contribution in [-0.2, 0) is 16.4 Å². The molecular weight excluding hydrogens is 422 g/mol. The van der Waals surface area contributed by atoms with Crippen LogP contribution in [0.2, 0.25) is 5.02 Å². The van der Waals surface area contributed by atoms with Crippen molar-refractivity contribution in [2.75, 3.05) is 12.3 Å². The molecule has 0 radical (unpaired) electrons. The molecule has 1 saturated heterocycles. The molecule has 0 saturated carbocycles. The molecular formula is C22H24ClN3O3S. The lowest BCUT2D eigenvalue weighted by molar-refractivity contribution is 0.0724. The highest BCUT2D eigenvalue weighted by Crippen LogP contribution is 2.28. The van der Waals surface area contributed by atoms with Crippen LogP contribution in [0.4, 0.5) is 0 Å². The Balaban J connectivity index is 1.65. The van der Waals surface area contributed by atoms with Crippen LogP contribution in [0.15, 0.2) is 47.4 Å². The molecule has 0 bridgehead atoms. The van der Waals surface area contributed by atoms with E-state index >= 15 is 0 Å². The fourth-order valence-corrected chi connectivity index (χ4v) is 5.22. The number of carbonyl (C=O) groups excluding carboxylic acids is 1. The van der Waals surface area contributed by atoms with E-state index < -0.39 is 9.84 Å². The quantitative estimate of drug-likeness (QED) is 0.592. The number of likely N-dealkylation sites (tertiary alicyclic amines) is 1. The highest BCUT2D eigenvalue weighted by atomic mass is 35.5. The molecule has 1 aliphatic rings. The van der Waals surface area contributed by atoms with E-state index in [0.717, 1.165) is 29.7 Å². The van der Waals surface area contributed by atoms with Crippen molar-refractivity contribution in [3.8, 4) is 0 Å². The Labute approximate surface area is 181 Å². The summed E-state index contributed by atoms with van der Waals surface area (Å²) >= 11 is 6.30. The number of rotatable bonds is 5. The number of sulfone groups is 1. The summed E-state index contributed by atoms with van der Waals surface area (Å²) < 4.78 is 26.7. The number of aromatic nitrogens is 2. The van der Waals surface area contributed by atoms with Gasteiger partial charge in [0.15, 0.2) is 9.84 Å². The van der Waals surface area contributed by atoms with Crippen LogP contribution in [0, 0.1) is 6.92 Å². The van der Waals surface area contributed by atoms with Crippen LogP contribution in [0.5, 0.6) is 0 Å². The van der Waals surface area contributed by atoms with Crippen LogP contribution < -0.4 is 0 Å². The third kappa shape index (κ3) is 3.72. The van der Waals surface area contributed by atoms with Gasteiger partial charge in [-0.1, -0.05) is 30.7 Å². The summed E-state index contributed by atoms with van der Waals surface area (Å²) in [4.78, 5) is 19.9. The number of carbonyl (C=O) groups is 1. The van der Waals surface area contributed by atoms with Crippen molar-refractivity contribution in [1.29, 1.82) is 0 Å². The van der Waals surface area contributed by atoms with Crippen molar-refractivity contribution in [2.45, 2.75) is 44.2 Å². The summed E-state index contributed by atoms with van der Waals surface area (Å²) in [5.41, 5.74) is 2.22. The van der Waals surface area contributed by atoms with Gasteiger partial charge in [0.25, 0.3) is 5.91 Å². The zero-order chi connectivity index (χ0) is 21.5. The molecule has 1 atom stereocenters. The number of amides is 1. The van der Waals surface area contributed by atoms with Crippen LogP contribution in [0.1, 0.15) is 35.9 Å². The van der Waals surface area contributed by atoms with Gasteiger partial charge >= 0.3 is 0 Å². The summed E-state index contributed by atoms with van der Waals surface area (Å²) in [7, 11) is -3.42. The maximum Gasteiger partial charge on any atom is 0.255 e. The Bertz CT molecular complexity index is 1220. The molecule has 0 aliphatic carbocycles. The summed E-state index contributed by atoms with van der Waals surface area (Å²) in [5, 5.41) is 0.268. The molecule has 4 rings (SSSR count). The molecule has 2 heterocycles. The van der Waals surface area contributed by atoms with Crippen LogP contribution in [0.25, 0.3) is 11.0 Å². The van der Waals surface area contributed by atoms with Crippen molar-refractivity contribution in [2.24, 2.45) is 0 Å². The zero-order valence-electron chi connectivity index (χ0n) is 17.0. The van der Waals surface area contributed by atoms with E-state index in [2.05, 4.69) is 9.55 Å². The number of nitrogens with zero attached hydrogens (tertiary/aromatic N) is 3. The molecule has 1 amide bonds. The van der Waals surface area contributed by atoms with Crippen LogP contribution in [-0.4, -0.2) is 47.1 Å². The first-order valence-corrected chi connectivity index (χ1v) is 12.1. The summed E-state index contributed by atoms with van der Waals surface area (Å²) in [6, 6.07) is 12.3. The first kappa shape index (κ1) is 20.9. The maximum absolute atomic E-state index is 13.3. The number of hydrogen-bond donors (Lipinski definition) is 0. The van der Waals surface area contributed by atoms with Gasteiger partial charge in [-0.2, -0.15) is 0 Å². The van der Waals surface area contributed by atoms with E-state index in [4.69, 9.17) is 11.6 Å². The molecule has 0 unspecified atom stereocenters. The molecule has 30 heavy (non-hydrogen) atoms. The molecule has 8 heteroatoms. The van der Waals surface area contributed by atoms with Crippen molar-refractivity contribution in [3.05, 3.63) is 58.9 Å². The molecule has 158 valence electrons. The van der Waals surface area contributed by atoms with Crippen LogP contribution >= 0.6 is 11.6 Å². The van der Waals surface area contributed by atoms with Gasteiger partial charge in [0.2, 0.25) is 0 Å². The third-order valence-corrected chi connectivity index (χ3v) is 7.85. The number of aryl methyl sites for hydroxylation is 1. The second-order valence-electron chi connectivity index (χ2n) is 7.60. The minimum Gasteiger partial charge on any atom is -0.334 e. The lowest BCUT2D eigenvalue weighted by Gasteiger charge is -2.26. The average Bonchev–Trinajstić information content (AvgIpc) is 3.32. The highest BCUT2D eigenvalue weighted by molar-refractivity contribution is 7.91. The van der Waals surface area contributed by atoms with Gasteiger partial charge in [-0.25, -0.2) is 13.4 Å². The maximum atomic E-state index is 13.3. The van der Waals surface area contributed by atoms with Crippen molar-refractivity contribution in [1.82, 2.24) is 14.5 Å². The topological polar surface area (TPSA) is 72.3 Å². The Morgan fingerprint density at radius 3 is 2.77 bits per heavy atom. The van der Waals surface area contributed by atoms with Gasteiger partial charge in [-0.05, 0) is 50.1 Å². The largest absolute Gasteiger partial charge is 0.334 e. The fraction of sp³-hybridized carbons (Fsp3) is 0.364. The molecule has 6 nitrogen and oxygen atoms in total. The lowest BCUT2D eigenvalue weighted by Crippen LogP contribution is -2.38. The summed E-state index contributed by atoms with van der Waals surface area (Å²) in [5.74, 6) is 0.656. The molecule has 3 aromatic rings. The summed E-state index contributed by atoms with van der Waals surface area (Å²) in [6.45, 7) is 4.82.